The summed E-state index contributed by atoms with van der Waals surface area (Å²) >= 11 is 5.94. The van der Waals surface area contributed by atoms with Gasteiger partial charge < -0.3 is 4.74 Å². The molecule has 0 amide bonds. The summed E-state index contributed by atoms with van der Waals surface area (Å²) in [6, 6.07) is 9.40. The molecule has 104 valence electrons. The van der Waals surface area contributed by atoms with Gasteiger partial charge in [-0.05, 0) is 35.4 Å². The molecule has 1 heterocycles. The van der Waals surface area contributed by atoms with Gasteiger partial charge in [-0.1, -0.05) is 18.2 Å². The number of rotatable bonds is 3. The number of ether oxygens (including phenoxy) is 1. The fourth-order valence-corrected chi connectivity index (χ4v) is 2.67. The lowest BCUT2D eigenvalue weighted by Gasteiger charge is -2.10. The van der Waals surface area contributed by atoms with Crippen molar-refractivity contribution in [3.05, 3.63) is 71.0 Å². The maximum absolute atomic E-state index is 13.3. The molecule has 0 spiro atoms. The van der Waals surface area contributed by atoms with Crippen LogP contribution in [0.15, 0.2) is 42.5 Å². The van der Waals surface area contributed by atoms with Gasteiger partial charge in [0.1, 0.15) is 17.5 Å². The van der Waals surface area contributed by atoms with Crippen molar-refractivity contribution in [2.75, 3.05) is 5.88 Å². The Bertz CT molecular complexity index is 644. The van der Waals surface area contributed by atoms with Crippen LogP contribution in [0.1, 0.15) is 17.2 Å². The van der Waals surface area contributed by atoms with Crippen molar-refractivity contribution >= 4 is 11.6 Å². The SMILES string of the molecule is Fc1ccc(C2OC2(CCl)c2ccc(F)c(F)c2)cc1. The molecular formula is C15H10ClF3O. The van der Waals surface area contributed by atoms with E-state index in [2.05, 4.69) is 0 Å². The van der Waals surface area contributed by atoms with Gasteiger partial charge in [0.25, 0.3) is 0 Å². The van der Waals surface area contributed by atoms with Crippen molar-refractivity contribution in [2.45, 2.75) is 11.7 Å². The van der Waals surface area contributed by atoms with Crippen LogP contribution in [0, 0.1) is 17.5 Å². The third kappa shape index (κ3) is 2.09. The van der Waals surface area contributed by atoms with Crippen molar-refractivity contribution in [1.82, 2.24) is 0 Å². The van der Waals surface area contributed by atoms with Crippen molar-refractivity contribution in [2.24, 2.45) is 0 Å². The normalized spacial score (nSPS) is 24.7. The van der Waals surface area contributed by atoms with Crippen molar-refractivity contribution in [1.29, 1.82) is 0 Å². The molecule has 20 heavy (non-hydrogen) atoms. The molecular weight excluding hydrogens is 289 g/mol. The van der Waals surface area contributed by atoms with Crippen molar-refractivity contribution in [3.8, 4) is 0 Å². The minimum atomic E-state index is -0.944. The molecule has 1 aliphatic heterocycles. The Balaban J connectivity index is 1.94. The van der Waals surface area contributed by atoms with Gasteiger partial charge >= 0.3 is 0 Å². The zero-order chi connectivity index (χ0) is 14.3. The van der Waals surface area contributed by atoms with Gasteiger partial charge in [0.15, 0.2) is 11.6 Å². The molecule has 0 aliphatic carbocycles. The topological polar surface area (TPSA) is 12.5 Å². The number of alkyl halides is 1. The second-order valence-corrected chi connectivity index (χ2v) is 4.97. The third-order valence-corrected chi connectivity index (χ3v) is 3.87. The fraction of sp³-hybridized carbons (Fsp3) is 0.200. The molecule has 3 rings (SSSR count). The molecule has 1 nitrogen and oxygen atoms in total. The number of benzene rings is 2. The number of hydrogen-bond donors (Lipinski definition) is 0. The van der Waals surface area contributed by atoms with Gasteiger partial charge in [0, 0.05) is 0 Å². The number of halogens is 4. The summed E-state index contributed by atoms with van der Waals surface area (Å²) in [6.45, 7) is 0. The van der Waals surface area contributed by atoms with Crippen LogP contribution in [0.2, 0.25) is 0 Å². The first-order valence-corrected chi connectivity index (χ1v) is 6.55. The van der Waals surface area contributed by atoms with Crippen LogP contribution in [-0.2, 0) is 10.3 Å². The standard InChI is InChI=1S/C15H10ClF3O/c16-8-15(10-3-6-12(18)13(19)7-10)14(20-15)9-1-4-11(17)5-2-9/h1-7,14H,8H2. The van der Waals surface area contributed by atoms with Crippen LogP contribution >= 0.6 is 11.6 Å². The second kappa shape index (κ2) is 4.79. The van der Waals surface area contributed by atoms with Crippen LogP contribution in [0.4, 0.5) is 13.2 Å². The van der Waals surface area contributed by atoms with Gasteiger partial charge in [-0.25, -0.2) is 13.2 Å². The molecule has 1 saturated heterocycles. The average molecular weight is 299 g/mol. The second-order valence-electron chi connectivity index (χ2n) is 4.70. The van der Waals surface area contributed by atoms with Gasteiger partial charge in [0.05, 0.1) is 5.88 Å². The molecule has 2 unspecified atom stereocenters. The molecule has 2 aromatic carbocycles. The van der Waals surface area contributed by atoms with E-state index >= 15 is 0 Å². The molecule has 0 bridgehead atoms. The lowest BCUT2D eigenvalue weighted by Crippen LogP contribution is -2.13. The lowest BCUT2D eigenvalue weighted by molar-refractivity contribution is 0.315. The Labute approximate surface area is 118 Å². The van der Waals surface area contributed by atoms with E-state index in [-0.39, 0.29) is 17.8 Å². The van der Waals surface area contributed by atoms with Crippen LogP contribution in [0.25, 0.3) is 0 Å². The van der Waals surface area contributed by atoms with Crippen LogP contribution < -0.4 is 0 Å². The van der Waals surface area contributed by atoms with Gasteiger partial charge in [-0.15, -0.1) is 11.6 Å². The summed E-state index contributed by atoms with van der Waals surface area (Å²) in [5, 5.41) is 0. The largest absolute Gasteiger partial charge is 0.355 e. The molecule has 0 radical (unpaired) electrons. The van der Waals surface area contributed by atoms with Gasteiger partial charge in [-0.2, -0.15) is 0 Å². The predicted molar refractivity (Wildman–Crippen MR) is 69.0 cm³/mol. The van der Waals surface area contributed by atoms with E-state index in [0.29, 0.717) is 5.56 Å². The Hall–Kier alpha value is -1.52. The smallest absolute Gasteiger partial charge is 0.159 e. The third-order valence-electron chi connectivity index (χ3n) is 3.47. The highest BCUT2D eigenvalue weighted by atomic mass is 35.5. The van der Waals surface area contributed by atoms with E-state index in [0.717, 1.165) is 17.7 Å². The summed E-state index contributed by atoms with van der Waals surface area (Å²) in [5.74, 6) is -2.11. The highest BCUT2D eigenvalue weighted by molar-refractivity contribution is 6.18. The zero-order valence-electron chi connectivity index (χ0n) is 10.2. The highest BCUT2D eigenvalue weighted by Crippen LogP contribution is 2.57. The Morgan fingerprint density at radius 1 is 1.00 bits per heavy atom. The van der Waals surface area contributed by atoms with Crippen LogP contribution in [0.5, 0.6) is 0 Å². The molecule has 0 saturated carbocycles. The summed E-state index contributed by atoms with van der Waals surface area (Å²) in [7, 11) is 0. The minimum absolute atomic E-state index is 0.0973. The fourth-order valence-electron chi connectivity index (χ4n) is 2.31. The van der Waals surface area contributed by atoms with E-state index in [1.165, 1.54) is 18.2 Å². The summed E-state index contributed by atoms with van der Waals surface area (Å²) in [6.07, 6.45) is -0.384. The molecule has 1 fully saturated rings. The average Bonchev–Trinajstić information content (AvgIpc) is 3.19. The van der Waals surface area contributed by atoms with Crippen LogP contribution in [-0.4, -0.2) is 5.88 Å². The summed E-state index contributed by atoms with van der Waals surface area (Å²) in [4.78, 5) is 0. The summed E-state index contributed by atoms with van der Waals surface area (Å²) in [5.41, 5.74) is 0.339. The van der Waals surface area contributed by atoms with E-state index in [1.807, 2.05) is 0 Å². The molecule has 1 aliphatic rings. The quantitative estimate of drug-likeness (QED) is 0.607. The monoisotopic (exact) mass is 298 g/mol. The van der Waals surface area contributed by atoms with Gasteiger partial charge in [-0.3, -0.25) is 0 Å². The predicted octanol–water partition coefficient (Wildman–Crippen LogP) is 4.31. The Morgan fingerprint density at radius 3 is 2.30 bits per heavy atom. The Kier molecular flexibility index (Phi) is 3.22. The van der Waals surface area contributed by atoms with E-state index in [4.69, 9.17) is 16.3 Å². The van der Waals surface area contributed by atoms with Gasteiger partial charge in [0.2, 0.25) is 0 Å². The van der Waals surface area contributed by atoms with Crippen molar-refractivity contribution < 1.29 is 17.9 Å². The molecule has 0 N–H and O–H groups in total. The molecule has 2 aromatic rings. The molecule has 2 atom stereocenters. The number of hydrogen-bond acceptors (Lipinski definition) is 1. The van der Waals surface area contributed by atoms with Crippen molar-refractivity contribution in [3.63, 3.8) is 0 Å². The maximum Gasteiger partial charge on any atom is 0.159 e. The summed E-state index contributed by atoms with van der Waals surface area (Å²) < 4.78 is 44.8. The molecule has 5 heteroatoms. The minimum Gasteiger partial charge on any atom is -0.355 e. The van der Waals surface area contributed by atoms with E-state index in [9.17, 15) is 13.2 Å². The zero-order valence-corrected chi connectivity index (χ0v) is 11.0. The first-order chi connectivity index (χ1) is 9.56. The Morgan fingerprint density at radius 2 is 1.70 bits per heavy atom. The molecule has 0 aromatic heterocycles. The first-order valence-electron chi connectivity index (χ1n) is 6.01. The van der Waals surface area contributed by atoms with E-state index < -0.39 is 17.2 Å². The number of epoxide rings is 1. The lowest BCUT2D eigenvalue weighted by atomic mass is 9.93. The van der Waals surface area contributed by atoms with Crippen LogP contribution in [0.3, 0.4) is 0 Å². The highest BCUT2D eigenvalue weighted by Gasteiger charge is 2.58. The van der Waals surface area contributed by atoms with E-state index in [1.54, 1.807) is 12.1 Å². The maximum atomic E-state index is 13.3. The first kappa shape index (κ1) is 13.5.